The summed E-state index contributed by atoms with van der Waals surface area (Å²) in [5.41, 5.74) is 5.08. The fraction of sp³-hybridized carbons (Fsp3) is 0.917. The Kier molecular flexibility index (Phi) is 5.97. The van der Waals surface area contributed by atoms with E-state index in [1.165, 1.54) is 0 Å². The second kappa shape index (κ2) is 6.21. The maximum absolute atomic E-state index is 11.5. The minimum absolute atomic E-state index is 0.0351. The van der Waals surface area contributed by atoms with E-state index in [0.29, 0.717) is 13.0 Å². The monoisotopic (exact) mass is 230 g/mol. The van der Waals surface area contributed by atoms with Crippen molar-refractivity contribution in [2.75, 3.05) is 13.3 Å². The molecule has 0 bridgehead atoms. The summed E-state index contributed by atoms with van der Waals surface area (Å²) >= 11 is 0. The lowest BCUT2D eigenvalue weighted by molar-refractivity contribution is -0.123. The highest BCUT2D eigenvalue weighted by Crippen LogP contribution is 2.18. The molecule has 16 heavy (non-hydrogen) atoms. The fourth-order valence-electron chi connectivity index (χ4n) is 1.34. The Morgan fingerprint density at radius 1 is 1.25 bits per heavy atom. The lowest BCUT2D eigenvalue weighted by Gasteiger charge is -2.25. The molecule has 3 N–H and O–H groups in total. The van der Waals surface area contributed by atoms with Crippen molar-refractivity contribution in [3.63, 3.8) is 0 Å². The van der Waals surface area contributed by atoms with Crippen LogP contribution in [-0.4, -0.2) is 24.8 Å². The number of hydrogen-bond donors (Lipinski definition) is 2. The predicted octanol–water partition coefficient (Wildman–Crippen LogP) is 1.64. The quantitative estimate of drug-likeness (QED) is 0.682. The molecule has 4 nitrogen and oxygen atoms in total. The standard InChI is InChI=1S/C12H26N2O2/c1-11(2,3)8-10(15)14-7-6-12(4,5)16-9-13/h6-9,13H2,1-5H3,(H,14,15). The van der Waals surface area contributed by atoms with Crippen LogP contribution in [0.5, 0.6) is 0 Å². The number of nitrogens with one attached hydrogen (secondary N) is 1. The third-order valence-electron chi connectivity index (χ3n) is 2.21. The fourth-order valence-corrected chi connectivity index (χ4v) is 1.34. The minimum atomic E-state index is -0.274. The van der Waals surface area contributed by atoms with Gasteiger partial charge in [-0.2, -0.15) is 0 Å². The van der Waals surface area contributed by atoms with Crippen LogP contribution in [0.4, 0.5) is 0 Å². The maximum Gasteiger partial charge on any atom is 0.220 e. The number of ether oxygens (including phenoxy) is 1. The van der Waals surface area contributed by atoms with E-state index in [1.807, 2.05) is 34.6 Å². The number of hydrogen-bond acceptors (Lipinski definition) is 3. The summed E-state index contributed by atoms with van der Waals surface area (Å²) in [6, 6.07) is 0. The third-order valence-corrected chi connectivity index (χ3v) is 2.21. The normalized spacial score (nSPS) is 12.6. The lowest BCUT2D eigenvalue weighted by Crippen LogP contribution is -2.35. The molecule has 0 heterocycles. The lowest BCUT2D eigenvalue weighted by atomic mass is 9.92. The molecule has 1 amide bonds. The summed E-state index contributed by atoms with van der Waals surface area (Å²) in [5, 5.41) is 2.89. The van der Waals surface area contributed by atoms with Crippen LogP contribution in [0.2, 0.25) is 0 Å². The Morgan fingerprint density at radius 2 is 1.81 bits per heavy atom. The third kappa shape index (κ3) is 8.68. The summed E-state index contributed by atoms with van der Waals surface area (Å²) in [6.45, 7) is 10.9. The highest BCUT2D eigenvalue weighted by atomic mass is 16.5. The first-order valence-corrected chi connectivity index (χ1v) is 5.77. The van der Waals surface area contributed by atoms with E-state index < -0.39 is 0 Å². The summed E-state index contributed by atoms with van der Waals surface area (Å²) in [5.74, 6) is 0.0936. The molecule has 0 saturated carbocycles. The summed E-state index contributed by atoms with van der Waals surface area (Å²) in [4.78, 5) is 11.5. The van der Waals surface area contributed by atoms with Crippen LogP contribution < -0.4 is 11.1 Å². The van der Waals surface area contributed by atoms with Gasteiger partial charge in [-0.25, -0.2) is 0 Å². The first-order chi connectivity index (χ1) is 7.16. The SMILES string of the molecule is CC(C)(C)CC(=O)NCCC(C)(C)OCN. The first kappa shape index (κ1) is 15.4. The van der Waals surface area contributed by atoms with E-state index >= 15 is 0 Å². The highest BCUT2D eigenvalue weighted by Gasteiger charge is 2.19. The van der Waals surface area contributed by atoms with E-state index in [0.717, 1.165) is 6.42 Å². The van der Waals surface area contributed by atoms with Gasteiger partial charge in [-0.15, -0.1) is 0 Å². The molecule has 0 aliphatic rings. The summed E-state index contributed by atoms with van der Waals surface area (Å²) in [7, 11) is 0. The Balaban J connectivity index is 3.78. The molecule has 0 aliphatic carbocycles. The molecule has 0 aliphatic heterocycles. The van der Waals surface area contributed by atoms with Gasteiger partial charge in [0.05, 0.1) is 12.3 Å². The van der Waals surface area contributed by atoms with Gasteiger partial charge >= 0.3 is 0 Å². The molecule has 0 unspecified atom stereocenters. The van der Waals surface area contributed by atoms with Crippen LogP contribution in [0.15, 0.2) is 0 Å². The van der Waals surface area contributed by atoms with Crippen molar-refractivity contribution in [1.29, 1.82) is 0 Å². The topological polar surface area (TPSA) is 64.3 Å². The molecule has 0 spiro atoms. The van der Waals surface area contributed by atoms with Crippen molar-refractivity contribution in [3.05, 3.63) is 0 Å². The van der Waals surface area contributed by atoms with E-state index in [9.17, 15) is 4.79 Å². The van der Waals surface area contributed by atoms with Crippen LogP contribution in [0.3, 0.4) is 0 Å². The molecule has 0 aromatic rings. The van der Waals surface area contributed by atoms with E-state index in [-0.39, 0.29) is 23.7 Å². The zero-order chi connectivity index (χ0) is 12.8. The van der Waals surface area contributed by atoms with Crippen LogP contribution in [0.1, 0.15) is 47.5 Å². The first-order valence-electron chi connectivity index (χ1n) is 5.77. The molecule has 0 rings (SSSR count). The Labute approximate surface area is 98.9 Å². The van der Waals surface area contributed by atoms with Crippen LogP contribution in [0, 0.1) is 5.41 Å². The molecule has 0 fully saturated rings. The molecule has 0 atom stereocenters. The smallest absolute Gasteiger partial charge is 0.220 e. The van der Waals surface area contributed by atoms with E-state index in [4.69, 9.17) is 10.5 Å². The average Bonchev–Trinajstić information content (AvgIpc) is 1.99. The van der Waals surface area contributed by atoms with Gasteiger partial charge in [0.1, 0.15) is 0 Å². The maximum atomic E-state index is 11.5. The van der Waals surface area contributed by atoms with Crippen LogP contribution in [-0.2, 0) is 9.53 Å². The van der Waals surface area contributed by atoms with E-state index in [2.05, 4.69) is 5.32 Å². The number of carbonyl (C=O) groups excluding carboxylic acids is 1. The van der Waals surface area contributed by atoms with Crippen molar-refractivity contribution in [3.8, 4) is 0 Å². The number of amides is 1. The van der Waals surface area contributed by atoms with Gasteiger partial charge in [0.25, 0.3) is 0 Å². The number of nitrogens with two attached hydrogens (primary N) is 1. The number of carbonyl (C=O) groups is 1. The molecule has 0 aromatic heterocycles. The van der Waals surface area contributed by atoms with Crippen molar-refractivity contribution >= 4 is 5.91 Å². The highest BCUT2D eigenvalue weighted by molar-refractivity contribution is 5.76. The Morgan fingerprint density at radius 3 is 2.25 bits per heavy atom. The summed E-state index contributed by atoms with van der Waals surface area (Å²) in [6.07, 6.45) is 1.31. The predicted molar refractivity (Wildman–Crippen MR) is 65.9 cm³/mol. The van der Waals surface area contributed by atoms with Crippen LogP contribution >= 0.6 is 0 Å². The zero-order valence-corrected chi connectivity index (χ0v) is 11.2. The Hall–Kier alpha value is -0.610. The Bertz CT molecular complexity index is 220. The van der Waals surface area contributed by atoms with Gasteiger partial charge in [-0.05, 0) is 25.7 Å². The average molecular weight is 230 g/mol. The van der Waals surface area contributed by atoms with Crippen molar-refractivity contribution in [2.24, 2.45) is 11.1 Å². The number of rotatable bonds is 6. The molecular formula is C12H26N2O2. The van der Waals surface area contributed by atoms with E-state index in [1.54, 1.807) is 0 Å². The van der Waals surface area contributed by atoms with Gasteiger partial charge in [0.15, 0.2) is 0 Å². The molecule has 0 radical (unpaired) electrons. The van der Waals surface area contributed by atoms with Gasteiger partial charge in [0, 0.05) is 13.0 Å². The van der Waals surface area contributed by atoms with Crippen molar-refractivity contribution < 1.29 is 9.53 Å². The second-order valence-electron chi connectivity index (χ2n) is 5.91. The molecular weight excluding hydrogens is 204 g/mol. The molecule has 4 heteroatoms. The van der Waals surface area contributed by atoms with Gasteiger partial charge in [-0.3, -0.25) is 4.79 Å². The van der Waals surface area contributed by atoms with Gasteiger partial charge in [-0.1, -0.05) is 20.8 Å². The summed E-state index contributed by atoms with van der Waals surface area (Å²) < 4.78 is 5.34. The van der Waals surface area contributed by atoms with Crippen molar-refractivity contribution in [1.82, 2.24) is 5.32 Å². The largest absolute Gasteiger partial charge is 0.361 e. The van der Waals surface area contributed by atoms with Crippen molar-refractivity contribution in [2.45, 2.75) is 53.1 Å². The van der Waals surface area contributed by atoms with Gasteiger partial charge < -0.3 is 15.8 Å². The van der Waals surface area contributed by atoms with Gasteiger partial charge in [0.2, 0.25) is 5.91 Å². The minimum Gasteiger partial charge on any atom is -0.361 e. The molecule has 0 aromatic carbocycles. The molecule has 0 saturated heterocycles. The zero-order valence-electron chi connectivity index (χ0n) is 11.2. The second-order valence-corrected chi connectivity index (χ2v) is 5.91. The van der Waals surface area contributed by atoms with Crippen LogP contribution in [0.25, 0.3) is 0 Å². The molecule has 96 valence electrons.